The van der Waals surface area contributed by atoms with Gasteiger partial charge in [-0.3, -0.25) is 0 Å². The number of nitrogens with one attached hydrogen (secondary N) is 1. The first-order chi connectivity index (χ1) is 8.74. The molecule has 3 heterocycles. The van der Waals surface area contributed by atoms with Gasteiger partial charge in [-0.2, -0.15) is 0 Å². The Morgan fingerprint density at radius 3 is 2.83 bits per heavy atom. The number of hydrogen-bond donors (Lipinski definition) is 1. The van der Waals surface area contributed by atoms with Crippen molar-refractivity contribution in [2.75, 3.05) is 24.5 Å². The lowest BCUT2D eigenvalue weighted by molar-refractivity contribution is 0.328. The molecule has 0 aliphatic carbocycles. The number of piperidine rings is 1. The third-order valence-corrected chi connectivity index (χ3v) is 5.55. The van der Waals surface area contributed by atoms with E-state index in [1.54, 1.807) is 0 Å². The second-order valence-corrected chi connectivity index (χ2v) is 6.87. The van der Waals surface area contributed by atoms with Gasteiger partial charge in [-0.05, 0) is 52.0 Å². The Morgan fingerprint density at radius 2 is 2.17 bits per heavy atom. The molecule has 100 valence electrons. The van der Waals surface area contributed by atoms with E-state index < -0.39 is 0 Å². The molecule has 0 bridgehead atoms. The van der Waals surface area contributed by atoms with Crippen LogP contribution >= 0.6 is 11.3 Å². The van der Waals surface area contributed by atoms with Crippen LogP contribution in [0, 0.1) is 19.8 Å². The average molecular weight is 265 g/mol. The lowest BCUT2D eigenvalue weighted by Crippen LogP contribution is -2.43. The molecule has 2 saturated heterocycles. The van der Waals surface area contributed by atoms with Crippen molar-refractivity contribution < 1.29 is 0 Å². The molecule has 3 nitrogen and oxygen atoms in total. The fourth-order valence-electron chi connectivity index (χ4n) is 3.22. The van der Waals surface area contributed by atoms with Crippen LogP contribution in [0.2, 0.25) is 0 Å². The van der Waals surface area contributed by atoms with Gasteiger partial charge in [-0.25, -0.2) is 4.98 Å². The Balaban J connectivity index is 1.69. The minimum atomic E-state index is 0.759. The molecule has 0 spiro atoms. The molecule has 3 rings (SSSR count). The monoisotopic (exact) mass is 265 g/mol. The van der Waals surface area contributed by atoms with Crippen molar-refractivity contribution in [3.63, 3.8) is 0 Å². The fourth-order valence-corrected chi connectivity index (χ4v) is 4.16. The van der Waals surface area contributed by atoms with Gasteiger partial charge in [-0.15, -0.1) is 11.3 Å². The Labute approximate surface area is 114 Å². The summed E-state index contributed by atoms with van der Waals surface area (Å²) in [6, 6.07) is 0.759. The standard InChI is InChI=1S/C14H23N3S/c1-10-11(2)18-14(16-10)17-8-4-5-12(9-17)13-6-3-7-15-13/h12-13,15H,3-9H2,1-2H3. The van der Waals surface area contributed by atoms with E-state index in [1.807, 2.05) is 11.3 Å². The zero-order chi connectivity index (χ0) is 12.5. The molecular formula is C14H23N3S. The van der Waals surface area contributed by atoms with Crippen LogP contribution in [0.5, 0.6) is 0 Å². The van der Waals surface area contributed by atoms with Crippen LogP contribution in [-0.2, 0) is 0 Å². The van der Waals surface area contributed by atoms with E-state index >= 15 is 0 Å². The van der Waals surface area contributed by atoms with E-state index in [0.717, 1.165) is 12.0 Å². The number of thiazole rings is 1. The summed E-state index contributed by atoms with van der Waals surface area (Å²) < 4.78 is 0. The van der Waals surface area contributed by atoms with Gasteiger partial charge in [0.2, 0.25) is 0 Å². The van der Waals surface area contributed by atoms with Crippen molar-refractivity contribution in [2.45, 2.75) is 45.6 Å². The van der Waals surface area contributed by atoms with Crippen molar-refractivity contribution in [2.24, 2.45) is 5.92 Å². The first-order valence-corrected chi connectivity index (χ1v) is 7.98. The van der Waals surface area contributed by atoms with Crippen LogP contribution in [-0.4, -0.2) is 30.7 Å². The van der Waals surface area contributed by atoms with Crippen LogP contribution < -0.4 is 10.2 Å². The molecule has 1 aromatic rings. The second kappa shape index (κ2) is 5.17. The highest BCUT2D eigenvalue weighted by atomic mass is 32.1. The minimum Gasteiger partial charge on any atom is -0.348 e. The van der Waals surface area contributed by atoms with E-state index in [0.29, 0.717) is 0 Å². The molecule has 2 aliphatic rings. The lowest BCUT2D eigenvalue weighted by Gasteiger charge is -2.35. The van der Waals surface area contributed by atoms with E-state index in [4.69, 9.17) is 4.98 Å². The van der Waals surface area contributed by atoms with Gasteiger partial charge in [0, 0.05) is 24.0 Å². The Bertz CT molecular complexity index is 390. The second-order valence-electron chi connectivity index (χ2n) is 5.69. The summed E-state index contributed by atoms with van der Waals surface area (Å²) in [6.45, 7) is 7.90. The molecule has 2 unspecified atom stereocenters. The maximum Gasteiger partial charge on any atom is 0.185 e. The van der Waals surface area contributed by atoms with Crippen molar-refractivity contribution in [1.29, 1.82) is 0 Å². The van der Waals surface area contributed by atoms with Crippen molar-refractivity contribution in [3.8, 4) is 0 Å². The zero-order valence-corrected chi connectivity index (χ0v) is 12.2. The predicted octanol–water partition coefficient (Wildman–Crippen LogP) is 2.73. The Morgan fingerprint density at radius 1 is 1.28 bits per heavy atom. The number of nitrogens with zero attached hydrogens (tertiary/aromatic N) is 2. The Kier molecular flexibility index (Phi) is 3.57. The van der Waals surface area contributed by atoms with Gasteiger partial charge in [0.1, 0.15) is 0 Å². The molecule has 0 saturated carbocycles. The third-order valence-electron chi connectivity index (χ3n) is 4.41. The number of hydrogen-bond acceptors (Lipinski definition) is 4. The fraction of sp³-hybridized carbons (Fsp3) is 0.786. The van der Waals surface area contributed by atoms with Crippen molar-refractivity contribution >= 4 is 16.5 Å². The van der Waals surface area contributed by atoms with E-state index in [-0.39, 0.29) is 0 Å². The van der Waals surface area contributed by atoms with Crippen molar-refractivity contribution in [3.05, 3.63) is 10.6 Å². The number of aromatic nitrogens is 1. The maximum absolute atomic E-state index is 4.72. The van der Waals surface area contributed by atoms with Gasteiger partial charge in [-0.1, -0.05) is 0 Å². The van der Waals surface area contributed by atoms with Crippen LogP contribution in [0.25, 0.3) is 0 Å². The summed E-state index contributed by atoms with van der Waals surface area (Å²) in [5.41, 5.74) is 1.20. The third kappa shape index (κ3) is 2.41. The molecule has 1 aromatic heterocycles. The molecule has 0 radical (unpaired) electrons. The smallest absolute Gasteiger partial charge is 0.185 e. The first-order valence-electron chi connectivity index (χ1n) is 7.16. The van der Waals surface area contributed by atoms with Gasteiger partial charge >= 0.3 is 0 Å². The molecule has 4 heteroatoms. The van der Waals surface area contributed by atoms with Gasteiger partial charge in [0.15, 0.2) is 5.13 Å². The van der Waals surface area contributed by atoms with Crippen LogP contribution in [0.1, 0.15) is 36.3 Å². The molecule has 2 atom stereocenters. The molecular weight excluding hydrogens is 242 g/mol. The molecule has 2 fully saturated rings. The van der Waals surface area contributed by atoms with Crippen molar-refractivity contribution in [1.82, 2.24) is 10.3 Å². The van der Waals surface area contributed by atoms with Crippen LogP contribution in [0.4, 0.5) is 5.13 Å². The summed E-state index contributed by atoms with van der Waals surface area (Å²) >= 11 is 1.86. The summed E-state index contributed by atoms with van der Waals surface area (Å²) in [5, 5.41) is 4.91. The van der Waals surface area contributed by atoms with E-state index in [9.17, 15) is 0 Å². The van der Waals surface area contributed by atoms with E-state index in [2.05, 4.69) is 24.1 Å². The zero-order valence-electron chi connectivity index (χ0n) is 11.4. The predicted molar refractivity (Wildman–Crippen MR) is 77.5 cm³/mol. The SMILES string of the molecule is Cc1nc(N2CCCC(C3CCCN3)C2)sc1C. The molecule has 0 amide bonds. The average Bonchev–Trinajstić information content (AvgIpc) is 3.01. The lowest BCUT2D eigenvalue weighted by atomic mass is 9.90. The highest BCUT2D eigenvalue weighted by Crippen LogP contribution is 2.31. The van der Waals surface area contributed by atoms with Gasteiger partial charge in [0.05, 0.1) is 5.69 Å². The number of anilines is 1. The number of aryl methyl sites for hydroxylation is 2. The Hall–Kier alpha value is -0.610. The van der Waals surface area contributed by atoms with Gasteiger partial charge < -0.3 is 10.2 Å². The largest absolute Gasteiger partial charge is 0.348 e. The van der Waals surface area contributed by atoms with E-state index in [1.165, 1.54) is 61.0 Å². The molecule has 18 heavy (non-hydrogen) atoms. The number of rotatable bonds is 2. The van der Waals surface area contributed by atoms with Crippen LogP contribution in [0.15, 0.2) is 0 Å². The summed E-state index contributed by atoms with van der Waals surface area (Å²) in [7, 11) is 0. The maximum atomic E-state index is 4.72. The highest BCUT2D eigenvalue weighted by Gasteiger charge is 2.30. The summed E-state index contributed by atoms with van der Waals surface area (Å²) in [5.74, 6) is 0.825. The molecule has 2 aliphatic heterocycles. The van der Waals surface area contributed by atoms with Gasteiger partial charge in [0.25, 0.3) is 0 Å². The molecule has 0 aromatic carbocycles. The summed E-state index contributed by atoms with van der Waals surface area (Å²) in [6.07, 6.45) is 5.43. The topological polar surface area (TPSA) is 28.2 Å². The van der Waals surface area contributed by atoms with Crippen LogP contribution in [0.3, 0.4) is 0 Å². The molecule has 1 N–H and O–H groups in total. The highest BCUT2D eigenvalue weighted by molar-refractivity contribution is 7.15. The first kappa shape index (κ1) is 12.4. The normalized spacial score (nSPS) is 28.9. The minimum absolute atomic E-state index is 0.759. The summed E-state index contributed by atoms with van der Waals surface area (Å²) in [4.78, 5) is 8.60. The quantitative estimate of drug-likeness (QED) is 0.891.